The molecule has 20 heteroatoms. The number of carboxylic acids is 8. The van der Waals surface area contributed by atoms with Crippen LogP contribution in [0.25, 0.3) is 0 Å². The zero-order valence-electron chi connectivity index (χ0n) is 19.3. The lowest BCUT2D eigenvalue weighted by molar-refractivity contribution is -0.438. The fourth-order valence-corrected chi connectivity index (χ4v) is 1.24. The lowest BCUT2D eigenvalue weighted by Crippen LogP contribution is -2.68. The zero-order chi connectivity index (χ0) is 31.2. The van der Waals surface area contributed by atoms with E-state index in [2.05, 4.69) is 11.5 Å². The molecule has 0 fully saturated rings. The number of hydrogen-bond donors (Lipinski definition) is 6. The second kappa shape index (κ2) is 22.5. The van der Waals surface area contributed by atoms with Crippen molar-refractivity contribution in [1.29, 1.82) is 0 Å². The summed E-state index contributed by atoms with van der Waals surface area (Å²) in [5, 5.41) is 70.8. The molecule has 0 aliphatic carbocycles. The summed E-state index contributed by atoms with van der Waals surface area (Å²) in [6, 6.07) is -2.07. The average Bonchev–Trinajstić information content (AvgIpc) is 2.75. The summed E-state index contributed by atoms with van der Waals surface area (Å²) >= 11 is 0. The van der Waals surface area contributed by atoms with E-state index in [1.807, 2.05) is 0 Å². The molecule has 2 unspecified atom stereocenters. The highest BCUT2D eigenvalue weighted by Gasteiger charge is 2.11. The molecular formula is C18H24N2O18-2. The van der Waals surface area contributed by atoms with Gasteiger partial charge in [0.25, 0.3) is 0 Å². The van der Waals surface area contributed by atoms with Gasteiger partial charge >= 0.3 is 23.9 Å². The van der Waals surface area contributed by atoms with Crippen LogP contribution in [-0.4, -0.2) is 91.8 Å². The molecule has 0 spiro atoms. The van der Waals surface area contributed by atoms with Gasteiger partial charge < -0.3 is 71.5 Å². The van der Waals surface area contributed by atoms with E-state index in [-0.39, 0.29) is 12.8 Å². The van der Waals surface area contributed by atoms with E-state index < -0.39 is 97.1 Å². The van der Waals surface area contributed by atoms with Crippen LogP contribution in [0.2, 0.25) is 0 Å². The minimum atomic E-state index is -1.96. The number of carbonyl (C=O) groups is 10. The van der Waals surface area contributed by atoms with Gasteiger partial charge in [-0.3, -0.25) is 28.8 Å². The molecule has 0 heterocycles. The molecule has 0 saturated carbocycles. The third-order valence-corrected chi connectivity index (χ3v) is 3.13. The van der Waals surface area contributed by atoms with Crippen LogP contribution in [0.15, 0.2) is 0 Å². The predicted molar refractivity (Wildman–Crippen MR) is 102 cm³/mol. The largest absolute Gasteiger partial charge is 0.544 e. The molecule has 0 bridgehead atoms. The van der Waals surface area contributed by atoms with Crippen molar-refractivity contribution in [2.75, 3.05) is 0 Å². The number of carboxylic acid groups (broad SMARTS) is 8. The lowest BCUT2D eigenvalue weighted by Gasteiger charge is -2.05. The van der Waals surface area contributed by atoms with Gasteiger partial charge in [0.2, 0.25) is 0 Å². The molecule has 0 saturated heterocycles. The summed E-state index contributed by atoms with van der Waals surface area (Å²) in [4.78, 5) is 98.0. The van der Waals surface area contributed by atoms with Gasteiger partial charge in [-0.1, -0.05) is 0 Å². The first-order valence-corrected chi connectivity index (χ1v) is 9.58. The summed E-state index contributed by atoms with van der Waals surface area (Å²) < 4.78 is 0. The van der Waals surface area contributed by atoms with Crippen molar-refractivity contribution in [3.05, 3.63) is 0 Å². The number of quaternary nitrogens is 2. The Kier molecular flexibility index (Phi) is 23.8. The molecule has 216 valence electrons. The second-order valence-electron chi connectivity index (χ2n) is 6.45. The Bertz CT molecular complexity index is 896. The molecule has 0 aromatic rings. The van der Waals surface area contributed by atoms with Crippen LogP contribution in [0.3, 0.4) is 0 Å². The fourth-order valence-electron chi connectivity index (χ4n) is 1.24. The highest BCUT2D eigenvalue weighted by molar-refractivity contribution is 6.34. The first kappa shape index (κ1) is 40.2. The highest BCUT2D eigenvalue weighted by atomic mass is 16.4. The van der Waals surface area contributed by atoms with Crippen molar-refractivity contribution in [2.24, 2.45) is 0 Å². The Balaban J connectivity index is -0.000000203. The van der Waals surface area contributed by atoms with Crippen LogP contribution in [0.5, 0.6) is 0 Å². The van der Waals surface area contributed by atoms with E-state index in [4.69, 9.17) is 20.4 Å². The molecule has 0 aliphatic rings. The Hall–Kier alpha value is -4.98. The highest BCUT2D eigenvalue weighted by Crippen LogP contribution is 1.90. The van der Waals surface area contributed by atoms with Gasteiger partial charge in [-0.2, -0.15) is 0 Å². The summed E-state index contributed by atoms with van der Waals surface area (Å²) in [6.07, 6.45) is -2.62. The van der Waals surface area contributed by atoms with Gasteiger partial charge in [0.15, 0.2) is 11.6 Å². The standard InChI is InChI=1S/C5H9NO4.C5H6O5.C4H7NO4.C4H4O5/c2*6-3(5(9)10)1-2-4(7)8;2*5-2(4(8)9)1-3(6)7/h3H,1-2,6H2,(H,7,8)(H,9,10);1-2H2,(H,7,8)(H,9,10);2H,1,5H2,(H,6,7)(H,8,9);1H2,(H,6,7)(H,8,9)/p-2. The van der Waals surface area contributed by atoms with E-state index in [1.54, 1.807) is 0 Å². The minimum absolute atomic E-state index is 0.0255. The fraction of sp³-hybridized carbons (Fsp3) is 0.444. The van der Waals surface area contributed by atoms with Crippen molar-refractivity contribution in [2.45, 2.75) is 50.6 Å². The molecule has 0 radical (unpaired) electrons. The molecule has 2 atom stereocenters. The molecular weight excluding hydrogens is 532 g/mol. The van der Waals surface area contributed by atoms with E-state index in [1.165, 1.54) is 0 Å². The summed E-state index contributed by atoms with van der Waals surface area (Å²) in [6.45, 7) is 0. The number of hydrogen-bond acceptors (Lipinski definition) is 14. The van der Waals surface area contributed by atoms with Gasteiger partial charge in [0, 0.05) is 12.8 Å². The minimum Gasteiger partial charge on any atom is -0.544 e. The van der Waals surface area contributed by atoms with Crippen molar-refractivity contribution < 1.29 is 100 Å². The van der Waals surface area contributed by atoms with Gasteiger partial charge in [0.1, 0.15) is 36.9 Å². The maximum absolute atomic E-state index is 10.1. The van der Waals surface area contributed by atoms with E-state index in [0.717, 1.165) is 0 Å². The molecule has 0 aromatic heterocycles. The number of Topliss-reactive ketones (excluding diaryl/α,β-unsaturated/α-hetero) is 2. The molecule has 10 N–H and O–H groups in total. The van der Waals surface area contributed by atoms with Gasteiger partial charge in [-0.05, 0) is 0 Å². The Morgan fingerprint density at radius 3 is 1.13 bits per heavy atom. The molecule has 0 aromatic carbocycles. The third-order valence-electron chi connectivity index (χ3n) is 3.13. The van der Waals surface area contributed by atoms with Crippen LogP contribution in [0.1, 0.15) is 38.5 Å². The molecule has 0 aliphatic heterocycles. The van der Waals surface area contributed by atoms with Crippen molar-refractivity contribution >= 4 is 59.3 Å². The van der Waals surface area contributed by atoms with Crippen LogP contribution < -0.4 is 31.9 Å². The zero-order valence-corrected chi connectivity index (χ0v) is 19.3. The number of aliphatic carboxylic acids is 8. The monoisotopic (exact) mass is 556 g/mol. The number of carbonyl (C=O) groups excluding carboxylic acids is 6. The lowest BCUT2D eigenvalue weighted by atomic mass is 10.2. The predicted octanol–water partition coefficient (Wildman–Crippen LogP) is -10.0. The first-order valence-electron chi connectivity index (χ1n) is 9.58. The number of ketones is 2. The average molecular weight is 556 g/mol. The van der Waals surface area contributed by atoms with E-state index in [9.17, 15) is 68.4 Å². The van der Waals surface area contributed by atoms with E-state index >= 15 is 0 Å². The van der Waals surface area contributed by atoms with Crippen LogP contribution >= 0.6 is 0 Å². The molecule has 38 heavy (non-hydrogen) atoms. The maximum atomic E-state index is 10.1. The normalized spacial score (nSPS) is 10.6. The quantitative estimate of drug-likeness (QED) is 0.0853. The first-order chi connectivity index (χ1) is 17.1. The Labute approximate surface area is 211 Å². The second-order valence-corrected chi connectivity index (χ2v) is 6.45. The van der Waals surface area contributed by atoms with Crippen molar-refractivity contribution in [1.82, 2.24) is 0 Å². The molecule has 20 nitrogen and oxygen atoms in total. The Morgan fingerprint density at radius 1 is 0.526 bits per heavy atom. The van der Waals surface area contributed by atoms with Crippen LogP contribution in [0, 0.1) is 0 Å². The van der Waals surface area contributed by atoms with Gasteiger partial charge in [-0.15, -0.1) is 0 Å². The number of rotatable bonds is 14. The van der Waals surface area contributed by atoms with Crippen molar-refractivity contribution in [3.63, 3.8) is 0 Å². The van der Waals surface area contributed by atoms with Gasteiger partial charge in [-0.25, -0.2) is 0 Å². The molecule has 0 amide bonds. The summed E-state index contributed by atoms with van der Waals surface area (Å²) in [5.41, 5.74) is 6.22. The third kappa shape index (κ3) is 33.2. The van der Waals surface area contributed by atoms with E-state index in [0.29, 0.717) is 0 Å². The van der Waals surface area contributed by atoms with Crippen LogP contribution in [-0.2, 0) is 47.9 Å². The summed E-state index contributed by atoms with van der Waals surface area (Å²) in [7, 11) is 0. The SMILES string of the molecule is O=C(O)CC(=O)C(=O)[O-].O=C(O)CCC(=O)C(=O)[O-].[NH3+]C(CC(=O)O)C(=O)[O-].[NH3+]C(CCC(=O)O)C(=O)[O-]. The smallest absolute Gasteiger partial charge is 0.311 e. The van der Waals surface area contributed by atoms with Crippen LogP contribution in [0.4, 0.5) is 0 Å². The topological polar surface area (TPSA) is 399 Å². The van der Waals surface area contributed by atoms with Gasteiger partial charge in [0.05, 0.1) is 24.8 Å². The maximum Gasteiger partial charge on any atom is 0.311 e. The van der Waals surface area contributed by atoms with Crippen molar-refractivity contribution in [3.8, 4) is 0 Å². The molecule has 0 rings (SSSR count). The Morgan fingerprint density at radius 2 is 0.921 bits per heavy atom. The summed E-state index contributed by atoms with van der Waals surface area (Å²) in [5.74, 6) is -14.0.